The van der Waals surface area contributed by atoms with E-state index in [-0.39, 0.29) is 40.6 Å². The molecule has 0 aliphatic rings. The molecule has 5 heteroatoms. The summed E-state index contributed by atoms with van der Waals surface area (Å²) in [7, 11) is 0. The number of aliphatic hydroxyl groups excluding tert-OH is 1. The van der Waals surface area contributed by atoms with E-state index in [1.54, 1.807) is 0 Å². The van der Waals surface area contributed by atoms with E-state index in [4.69, 9.17) is 5.11 Å². The zero-order chi connectivity index (χ0) is 5.21. The summed E-state index contributed by atoms with van der Waals surface area (Å²) in [4.78, 5) is 0. The van der Waals surface area contributed by atoms with Gasteiger partial charge in [-0.1, -0.05) is 0 Å². The van der Waals surface area contributed by atoms with E-state index in [1.165, 1.54) is 0 Å². The van der Waals surface area contributed by atoms with Gasteiger partial charge in [-0.3, -0.25) is 0 Å². The molecule has 0 bridgehead atoms. The molecular formula is C2H5CaF3O. The van der Waals surface area contributed by atoms with Crippen LogP contribution in [0.4, 0.5) is 13.2 Å². The van der Waals surface area contributed by atoms with Crippen molar-refractivity contribution >= 4 is 37.7 Å². The van der Waals surface area contributed by atoms with Crippen LogP contribution in [0.5, 0.6) is 0 Å². The minimum atomic E-state index is -4.40. The summed E-state index contributed by atoms with van der Waals surface area (Å²) >= 11 is 0. The molecule has 0 aromatic rings. The molecule has 0 atom stereocenters. The van der Waals surface area contributed by atoms with Gasteiger partial charge in [0, 0.05) is 0 Å². The first-order valence-corrected chi connectivity index (χ1v) is 1.24. The van der Waals surface area contributed by atoms with Crippen LogP contribution in [0.1, 0.15) is 2.85 Å². The first-order valence-electron chi connectivity index (χ1n) is 1.24. The molecule has 0 spiro atoms. The fraction of sp³-hybridized carbons (Fsp3) is 1.00. The average molecular weight is 142 g/mol. The molecule has 0 amide bonds. The third-order valence-electron chi connectivity index (χ3n) is 0.179. The molecule has 7 heavy (non-hydrogen) atoms. The van der Waals surface area contributed by atoms with Crippen LogP contribution in [-0.2, 0) is 0 Å². The molecule has 1 N–H and O–H groups in total. The van der Waals surface area contributed by atoms with E-state index < -0.39 is 12.8 Å². The number of hydrogen-bond donors (Lipinski definition) is 1. The van der Waals surface area contributed by atoms with Crippen molar-refractivity contribution in [3.05, 3.63) is 0 Å². The van der Waals surface area contributed by atoms with Crippen LogP contribution in [0.3, 0.4) is 0 Å². The van der Waals surface area contributed by atoms with Gasteiger partial charge >= 0.3 is 43.9 Å². The number of alkyl halides is 3. The third kappa shape index (κ3) is 10.9. The second-order valence-corrected chi connectivity index (χ2v) is 0.773. The van der Waals surface area contributed by atoms with Crippen LogP contribution >= 0.6 is 0 Å². The molecule has 1 nitrogen and oxygen atoms in total. The van der Waals surface area contributed by atoms with Crippen molar-refractivity contribution < 1.29 is 21.1 Å². The zero-order valence-corrected chi connectivity index (χ0v) is 5.70. The van der Waals surface area contributed by atoms with Gasteiger partial charge in [0.25, 0.3) is 0 Å². The normalized spacial score (nSPS) is 10.3. The Labute approximate surface area is 71.5 Å². The van der Waals surface area contributed by atoms with Crippen LogP contribution in [0.25, 0.3) is 0 Å². The number of rotatable bonds is 0. The minimum Gasteiger partial charge on any atom is -1.00 e. The zero-order valence-electron chi connectivity index (χ0n) is 5.50. The Morgan fingerprint density at radius 3 is 1.57 bits per heavy atom. The summed E-state index contributed by atoms with van der Waals surface area (Å²) < 4.78 is 31.6. The second-order valence-electron chi connectivity index (χ2n) is 0.773. The molecule has 0 heterocycles. The van der Waals surface area contributed by atoms with Crippen LogP contribution in [0.15, 0.2) is 0 Å². The molecule has 0 aliphatic carbocycles. The van der Waals surface area contributed by atoms with Gasteiger partial charge in [-0.15, -0.1) is 0 Å². The Bertz CT molecular complexity index is 49.6. The smallest absolute Gasteiger partial charge is 1.00 e. The molecule has 42 valence electrons. The maximum absolute atomic E-state index is 10.5. The van der Waals surface area contributed by atoms with Gasteiger partial charge in [0.15, 0.2) is 0 Å². The number of halogens is 3. The summed E-state index contributed by atoms with van der Waals surface area (Å²) in [6, 6.07) is 0. The Kier molecular flexibility index (Phi) is 6.14. The Hall–Kier alpha value is 1.01. The van der Waals surface area contributed by atoms with E-state index in [2.05, 4.69) is 0 Å². The van der Waals surface area contributed by atoms with Crippen LogP contribution < -0.4 is 0 Å². The monoisotopic (exact) mass is 142 g/mol. The van der Waals surface area contributed by atoms with Crippen molar-refractivity contribution in [3.8, 4) is 0 Å². The third-order valence-corrected chi connectivity index (χ3v) is 0.179. The summed E-state index contributed by atoms with van der Waals surface area (Å²) in [6.07, 6.45) is -4.40. The number of hydrogen-bond acceptors (Lipinski definition) is 1. The van der Waals surface area contributed by atoms with Crippen LogP contribution in [0.2, 0.25) is 0 Å². The van der Waals surface area contributed by atoms with Gasteiger partial charge in [0.05, 0.1) is 0 Å². The van der Waals surface area contributed by atoms with Crippen molar-refractivity contribution in [1.82, 2.24) is 0 Å². The van der Waals surface area contributed by atoms with E-state index in [0.717, 1.165) is 0 Å². The predicted molar refractivity (Wildman–Crippen MR) is 21.1 cm³/mol. The molecule has 0 rings (SSSR count). The Morgan fingerprint density at radius 2 is 1.57 bits per heavy atom. The fourth-order valence-corrected chi connectivity index (χ4v) is 0. The maximum Gasteiger partial charge on any atom is 2.00 e. The first-order chi connectivity index (χ1) is 2.56. The molecule has 0 saturated carbocycles. The Balaban J connectivity index is -0.0000000417. The molecule has 0 unspecified atom stereocenters. The molecular weight excluding hydrogens is 137 g/mol. The van der Waals surface area contributed by atoms with Crippen molar-refractivity contribution in [2.75, 3.05) is 6.61 Å². The predicted octanol–water partition coefficient (Wildman–Crippen LogP) is 0.385. The first kappa shape index (κ1) is 10.9. The topological polar surface area (TPSA) is 20.2 Å². The van der Waals surface area contributed by atoms with E-state index in [0.29, 0.717) is 0 Å². The van der Waals surface area contributed by atoms with Crippen molar-refractivity contribution in [2.45, 2.75) is 6.18 Å². The molecule has 0 saturated heterocycles. The molecule has 0 aliphatic heterocycles. The minimum absolute atomic E-state index is 0. The van der Waals surface area contributed by atoms with Crippen molar-refractivity contribution in [3.63, 3.8) is 0 Å². The van der Waals surface area contributed by atoms with Gasteiger partial charge in [-0.2, -0.15) is 13.2 Å². The van der Waals surface area contributed by atoms with Crippen molar-refractivity contribution in [1.29, 1.82) is 0 Å². The van der Waals surface area contributed by atoms with Gasteiger partial charge in [0.2, 0.25) is 0 Å². The molecule has 0 aromatic carbocycles. The SMILES string of the molecule is OCC(F)(F)F.[Ca+2].[H-].[H-]. The largest absolute Gasteiger partial charge is 2.00 e. The summed E-state index contributed by atoms with van der Waals surface area (Å²) in [6.45, 7) is -1.73. The van der Waals surface area contributed by atoms with E-state index in [9.17, 15) is 13.2 Å². The van der Waals surface area contributed by atoms with Crippen molar-refractivity contribution in [2.24, 2.45) is 0 Å². The standard InChI is InChI=1S/C2H3F3O.Ca.2H/c3-2(4,5)1-6;;;/h6H,1H2;;;/q;+2;2*-1. The number of aliphatic hydroxyl groups is 1. The molecule has 0 radical (unpaired) electrons. The fourth-order valence-electron chi connectivity index (χ4n) is 0. The molecule has 0 fully saturated rings. The van der Waals surface area contributed by atoms with Gasteiger partial charge in [-0.05, 0) is 0 Å². The Morgan fingerprint density at radius 1 is 1.43 bits per heavy atom. The average Bonchev–Trinajstić information content (AvgIpc) is 1.35. The van der Waals surface area contributed by atoms with E-state index >= 15 is 0 Å². The van der Waals surface area contributed by atoms with Crippen LogP contribution in [-0.4, -0.2) is 55.6 Å². The van der Waals surface area contributed by atoms with Crippen LogP contribution in [0, 0.1) is 0 Å². The van der Waals surface area contributed by atoms with E-state index in [1.807, 2.05) is 0 Å². The maximum atomic E-state index is 10.5. The summed E-state index contributed by atoms with van der Waals surface area (Å²) in [5.41, 5.74) is 0. The van der Waals surface area contributed by atoms with Gasteiger partial charge < -0.3 is 7.96 Å². The second kappa shape index (κ2) is 3.95. The molecule has 0 aromatic heterocycles. The quantitative estimate of drug-likeness (QED) is 0.485. The van der Waals surface area contributed by atoms with Gasteiger partial charge in [-0.25, -0.2) is 0 Å². The summed E-state index contributed by atoms with van der Waals surface area (Å²) in [5, 5.41) is 7.28. The summed E-state index contributed by atoms with van der Waals surface area (Å²) in [5.74, 6) is 0. The van der Waals surface area contributed by atoms with Gasteiger partial charge in [0.1, 0.15) is 6.61 Å².